The zero-order chi connectivity index (χ0) is 13.4. The summed E-state index contributed by atoms with van der Waals surface area (Å²) >= 11 is 0. The molecule has 0 bridgehead atoms. The molecule has 1 aromatic rings. The number of epoxide rings is 1. The molecular formula is C15H24O2Si. The SMILES string of the molecule is CC(C)(C)[Si](C)(C)Oc1cccc(C[C@H]2CO2)c1. The molecule has 1 aliphatic rings. The van der Waals surface area contributed by atoms with Crippen LogP contribution >= 0.6 is 0 Å². The fourth-order valence-electron chi connectivity index (χ4n) is 1.63. The summed E-state index contributed by atoms with van der Waals surface area (Å²) in [6, 6.07) is 8.47. The van der Waals surface area contributed by atoms with Gasteiger partial charge in [0.05, 0.1) is 12.7 Å². The summed E-state index contributed by atoms with van der Waals surface area (Å²) in [5.41, 5.74) is 1.31. The van der Waals surface area contributed by atoms with Crippen LogP contribution in [0.3, 0.4) is 0 Å². The zero-order valence-electron chi connectivity index (χ0n) is 12.1. The largest absolute Gasteiger partial charge is 0.543 e. The van der Waals surface area contributed by atoms with Crippen molar-refractivity contribution < 1.29 is 9.16 Å². The second-order valence-electron chi connectivity index (χ2n) is 6.67. The Bertz CT molecular complexity index is 417. The van der Waals surface area contributed by atoms with Gasteiger partial charge in [-0.05, 0) is 35.8 Å². The normalized spacial score (nSPS) is 19.7. The molecule has 0 N–H and O–H groups in total. The molecule has 0 aromatic heterocycles. The van der Waals surface area contributed by atoms with Gasteiger partial charge in [0.25, 0.3) is 0 Å². The van der Waals surface area contributed by atoms with Crippen molar-refractivity contribution in [2.75, 3.05) is 6.61 Å². The van der Waals surface area contributed by atoms with Gasteiger partial charge in [-0.15, -0.1) is 0 Å². The van der Waals surface area contributed by atoms with Crippen LogP contribution in [0.2, 0.25) is 18.1 Å². The molecule has 2 nitrogen and oxygen atoms in total. The highest BCUT2D eigenvalue weighted by atomic mass is 28.4. The van der Waals surface area contributed by atoms with E-state index < -0.39 is 8.32 Å². The predicted molar refractivity (Wildman–Crippen MR) is 77.7 cm³/mol. The van der Waals surface area contributed by atoms with Gasteiger partial charge in [0.2, 0.25) is 8.32 Å². The van der Waals surface area contributed by atoms with Crippen LogP contribution in [0.25, 0.3) is 0 Å². The Kier molecular flexibility index (Phi) is 3.56. The molecule has 0 radical (unpaired) electrons. The average Bonchev–Trinajstić information content (AvgIpc) is 2.99. The van der Waals surface area contributed by atoms with Gasteiger partial charge < -0.3 is 9.16 Å². The number of rotatable bonds is 4. The standard InChI is InChI=1S/C15H24O2Si/c1-15(2,3)18(4,5)17-13-8-6-7-12(9-13)10-14-11-16-14/h6-9,14H,10-11H2,1-5H3/t14-/m0/s1. The van der Waals surface area contributed by atoms with Gasteiger partial charge in [0, 0.05) is 6.42 Å². The molecule has 0 saturated carbocycles. The zero-order valence-corrected chi connectivity index (χ0v) is 13.1. The van der Waals surface area contributed by atoms with E-state index in [1.165, 1.54) is 5.56 Å². The molecule has 1 aliphatic heterocycles. The van der Waals surface area contributed by atoms with Crippen LogP contribution in [-0.2, 0) is 11.2 Å². The van der Waals surface area contributed by atoms with Crippen molar-refractivity contribution in [1.29, 1.82) is 0 Å². The Morgan fingerprint density at radius 2 is 2.00 bits per heavy atom. The maximum absolute atomic E-state index is 6.31. The highest BCUT2D eigenvalue weighted by Crippen LogP contribution is 2.37. The van der Waals surface area contributed by atoms with Gasteiger partial charge >= 0.3 is 0 Å². The van der Waals surface area contributed by atoms with Gasteiger partial charge in [-0.25, -0.2) is 0 Å². The van der Waals surface area contributed by atoms with Gasteiger partial charge in [-0.3, -0.25) is 0 Å². The molecule has 1 heterocycles. The van der Waals surface area contributed by atoms with E-state index in [2.05, 4.69) is 58.1 Å². The smallest absolute Gasteiger partial charge is 0.250 e. The van der Waals surface area contributed by atoms with Gasteiger partial charge in [-0.1, -0.05) is 32.9 Å². The van der Waals surface area contributed by atoms with Crippen LogP contribution in [-0.4, -0.2) is 21.0 Å². The summed E-state index contributed by atoms with van der Waals surface area (Å²) in [6.45, 7) is 12.3. The second-order valence-corrected chi connectivity index (χ2v) is 11.4. The van der Waals surface area contributed by atoms with Crippen LogP contribution in [0.15, 0.2) is 24.3 Å². The maximum atomic E-state index is 6.31. The molecule has 3 heteroatoms. The lowest BCUT2D eigenvalue weighted by atomic mass is 10.1. The van der Waals surface area contributed by atoms with E-state index in [4.69, 9.17) is 9.16 Å². The minimum atomic E-state index is -1.72. The van der Waals surface area contributed by atoms with E-state index in [9.17, 15) is 0 Å². The summed E-state index contributed by atoms with van der Waals surface area (Å²) in [6.07, 6.45) is 1.45. The summed E-state index contributed by atoms with van der Waals surface area (Å²) in [7, 11) is -1.72. The molecule has 18 heavy (non-hydrogen) atoms. The molecular weight excluding hydrogens is 240 g/mol. The molecule has 1 aromatic carbocycles. The maximum Gasteiger partial charge on any atom is 0.250 e. The quantitative estimate of drug-likeness (QED) is 0.605. The van der Waals surface area contributed by atoms with E-state index in [0.29, 0.717) is 6.10 Å². The first-order chi connectivity index (χ1) is 8.28. The number of benzene rings is 1. The molecule has 1 saturated heterocycles. The minimum Gasteiger partial charge on any atom is -0.543 e. The van der Waals surface area contributed by atoms with Gasteiger partial charge in [0.1, 0.15) is 5.75 Å². The Hall–Kier alpha value is -0.803. The monoisotopic (exact) mass is 264 g/mol. The summed E-state index contributed by atoms with van der Waals surface area (Å²) < 4.78 is 11.6. The summed E-state index contributed by atoms with van der Waals surface area (Å²) in [4.78, 5) is 0. The van der Waals surface area contributed by atoms with Crippen molar-refractivity contribution >= 4 is 8.32 Å². The summed E-state index contributed by atoms with van der Waals surface area (Å²) in [5.74, 6) is 1.01. The molecule has 0 unspecified atom stereocenters. The van der Waals surface area contributed by atoms with Crippen LogP contribution in [0, 0.1) is 0 Å². The Morgan fingerprint density at radius 3 is 2.56 bits per heavy atom. The number of hydrogen-bond acceptors (Lipinski definition) is 2. The van der Waals surface area contributed by atoms with E-state index in [-0.39, 0.29) is 5.04 Å². The molecule has 0 aliphatic carbocycles. The van der Waals surface area contributed by atoms with E-state index in [1.807, 2.05) is 0 Å². The fourth-order valence-corrected chi connectivity index (χ4v) is 2.65. The highest BCUT2D eigenvalue weighted by Gasteiger charge is 2.39. The Labute approximate surface area is 111 Å². The van der Waals surface area contributed by atoms with Crippen molar-refractivity contribution in [1.82, 2.24) is 0 Å². The van der Waals surface area contributed by atoms with Crippen molar-refractivity contribution in [3.8, 4) is 5.75 Å². The van der Waals surface area contributed by atoms with Crippen LogP contribution in [0.4, 0.5) is 0 Å². The molecule has 0 spiro atoms. The lowest BCUT2D eigenvalue weighted by molar-refractivity contribution is 0.407. The molecule has 0 amide bonds. The lowest BCUT2D eigenvalue weighted by Gasteiger charge is -2.36. The third-order valence-corrected chi connectivity index (χ3v) is 8.30. The molecule has 100 valence electrons. The van der Waals surface area contributed by atoms with E-state index in [1.54, 1.807) is 0 Å². The lowest BCUT2D eigenvalue weighted by Crippen LogP contribution is -2.43. The average molecular weight is 264 g/mol. The predicted octanol–water partition coefficient (Wildman–Crippen LogP) is 4.01. The van der Waals surface area contributed by atoms with Gasteiger partial charge in [-0.2, -0.15) is 0 Å². The topological polar surface area (TPSA) is 21.8 Å². The van der Waals surface area contributed by atoms with Crippen LogP contribution in [0.1, 0.15) is 26.3 Å². The fraction of sp³-hybridized carbons (Fsp3) is 0.600. The molecule has 2 rings (SSSR count). The number of hydrogen-bond donors (Lipinski definition) is 0. The first-order valence-corrected chi connectivity index (χ1v) is 9.58. The molecule has 1 atom stereocenters. The first kappa shape index (κ1) is 13.6. The minimum absolute atomic E-state index is 0.239. The van der Waals surface area contributed by atoms with Crippen molar-refractivity contribution in [3.05, 3.63) is 29.8 Å². The number of ether oxygens (including phenoxy) is 1. The van der Waals surface area contributed by atoms with E-state index in [0.717, 1.165) is 18.8 Å². The van der Waals surface area contributed by atoms with Crippen LogP contribution < -0.4 is 4.43 Å². The van der Waals surface area contributed by atoms with Crippen LogP contribution in [0.5, 0.6) is 5.75 Å². The Balaban J connectivity index is 2.08. The summed E-state index contributed by atoms with van der Waals surface area (Å²) in [5, 5.41) is 0.239. The highest BCUT2D eigenvalue weighted by molar-refractivity contribution is 6.74. The van der Waals surface area contributed by atoms with Crippen molar-refractivity contribution in [3.63, 3.8) is 0 Å². The van der Waals surface area contributed by atoms with E-state index >= 15 is 0 Å². The van der Waals surface area contributed by atoms with Gasteiger partial charge in [0.15, 0.2) is 0 Å². The second kappa shape index (κ2) is 4.70. The van der Waals surface area contributed by atoms with Crippen molar-refractivity contribution in [2.24, 2.45) is 0 Å². The first-order valence-electron chi connectivity index (χ1n) is 6.67. The third-order valence-electron chi connectivity index (χ3n) is 3.94. The molecule has 1 fully saturated rings. The Morgan fingerprint density at radius 1 is 1.33 bits per heavy atom. The third kappa shape index (κ3) is 3.36. The van der Waals surface area contributed by atoms with Crippen molar-refractivity contribution in [2.45, 2.75) is 51.4 Å².